The van der Waals surface area contributed by atoms with Crippen LogP contribution in [0.2, 0.25) is 0 Å². The summed E-state index contributed by atoms with van der Waals surface area (Å²) in [5.74, 6) is -3.47. The number of hydrogen-bond donors (Lipinski definition) is 3. The number of amides is 3. The number of para-hydroxylation sites is 1. The van der Waals surface area contributed by atoms with E-state index in [1.54, 1.807) is 0 Å². The van der Waals surface area contributed by atoms with E-state index in [9.17, 15) is 18.8 Å². The number of imide groups is 1. The molecule has 3 aliphatic heterocycles. The molecule has 8 nitrogen and oxygen atoms in total. The van der Waals surface area contributed by atoms with Crippen molar-refractivity contribution in [3.05, 3.63) is 65.6 Å². The van der Waals surface area contributed by atoms with Crippen molar-refractivity contribution in [2.24, 2.45) is 11.8 Å². The van der Waals surface area contributed by atoms with Crippen molar-refractivity contribution < 1.29 is 23.5 Å². The highest BCUT2D eigenvalue weighted by atomic mass is 19.1. The number of carbonyl (C=O) groups excluding carboxylic acids is 3. The fourth-order valence-electron chi connectivity index (χ4n) is 5.95. The third-order valence-corrected chi connectivity index (χ3v) is 7.40. The molecule has 2 saturated heterocycles. The van der Waals surface area contributed by atoms with Crippen LogP contribution in [0.3, 0.4) is 0 Å². The van der Waals surface area contributed by atoms with E-state index >= 15 is 0 Å². The van der Waals surface area contributed by atoms with E-state index in [2.05, 4.69) is 15.6 Å². The lowest BCUT2D eigenvalue weighted by molar-refractivity contribution is -0.143. The fraction of sp³-hybridized carbons (Fsp3) is 0.320. The van der Waals surface area contributed by atoms with Gasteiger partial charge in [0.2, 0.25) is 17.7 Å². The molecule has 2 fully saturated rings. The number of likely N-dealkylation sites (tertiary alicyclic amines) is 1. The standard InChI is InChI=1S/C25H23FN4O4/c1-34-9-8-30-22(31)20-19(10-13-12-27-17-5-3-2-4-15(13)17)29-25(21(20)23(30)32)16-11-14(26)6-7-18(16)28-24(25)33/h2-7,11-12,19-21,27,29H,8-10H2,1H3,(H,28,33)/t19-,20+,21-,25+/m0/s1. The number of methoxy groups -OCH3 is 1. The van der Waals surface area contributed by atoms with Crippen LogP contribution in [0.1, 0.15) is 11.1 Å². The molecule has 0 unspecified atom stereocenters. The first-order valence-electron chi connectivity index (χ1n) is 11.2. The number of ether oxygens (including phenoxy) is 1. The highest BCUT2D eigenvalue weighted by Gasteiger charge is 2.70. The zero-order valence-electron chi connectivity index (χ0n) is 18.4. The molecule has 0 bridgehead atoms. The van der Waals surface area contributed by atoms with Gasteiger partial charge in [0.25, 0.3) is 0 Å². The van der Waals surface area contributed by atoms with Crippen molar-refractivity contribution in [3.63, 3.8) is 0 Å². The van der Waals surface area contributed by atoms with Gasteiger partial charge in [0, 0.05) is 41.5 Å². The highest BCUT2D eigenvalue weighted by Crippen LogP contribution is 2.53. The Bertz CT molecular complexity index is 1350. The van der Waals surface area contributed by atoms with E-state index in [0.717, 1.165) is 16.5 Å². The second-order valence-corrected chi connectivity index (χ2v) is 9.09. The number of benzene rings is 2. The predicted molar refractivity (Wildman–Crippen MR) is 121 cm³/mol. The molecule has 0 saturated carbocycles. The topological polar surface area (TPSA) is 104 Å². The van der Waals surface area contributed by atoms with Gasteiger partial charge in [-0.15, -0.1) is 0 Å². The Morgan fingerprint density at radius 1 is 1.12 bits per heavy atom. The number of nitrogens with zero attached hydrogens (tertiary/aromatic N) is 1. The Hall–Kier alpha value is -3.56. The normalized spacial score (nSPS) is 27.6. The maximum absolute atomic E-state index is 14.3. The molecule has 3 aromatic rings. The van der Waals surface area contributed by atoms with Crippen molar-refractivity contribution in [2.45, 2.75) is 18.0 Å². The molecule has 3 N–H and O–H groups in total. The van der Waals surface area contributed by atoms with Gasteiger partial charge in [0.1, 0.15) is 11.4 Å². The largest absolute Gasteiger partial charge is 0.383 e. The molecule has 0 aliphatic carbocycles. The van der Waals surface area contributed by atoms with Crippen LogP contribution in [0, 0.1) is 17.7 Å². The predicted octanol–water partition coefficient (Wildman–Crippen LogP) is 1.92. The Kier molecular flexibility index (Phi) is 4.62. The number of aromatic amines is 1. The number of halogens is 1. The van der Waals surface area contributed by atoms with Gasteiger partial charge in [-0.1, -0.05) is 18.2 Å². The first-order chi connectivity index (χ1) is 16.5. The van der Waals surface area contributed by atoms with Gasteiger partial charge in [0.15, 0.2) is 0 Å². The Morgan fingerprint density at radius 2 is 1.94 bits per heavy atom. The molecule has 9 heteroatoms. The molecule has 6 rings (SSSR count). The van der Waals surface area contributed by atoms with E-state index in [4.69, 9.17) is 4.74 Å². The van der Waals surface area contributed by atoms with E-state index in [-0.39, 0.29) is 19.1 Å². The Balaban J connectivity index is 1.47. The molecule has 1 spiro atoms. The van der Waals surface area contributed by atoms with Crippen LogP contribution >= 0.6 is 0 Å². The lowest BCUT2D eigenvalue weighted by Crippen LogP contribution is -2.53. The van der Waals surface area contributed by atoms with Crippen LogP contribution in [0.25, 0.3) is 10.9 Å². The Labute approximate surface area is 194 Å². The minimum atomic E-state index is -1.52. The molecular weight excluding hydrogens is 439 g/mol. The third-order valence-electron chi connectivity index (χ3n) is 7.40. The lowest BCUT2D eigenvalue weighted by atomic mass is 9.76. The zero-order valence-corrected chi connectivity index (χ0v) is 18.4. The molecule has 1 aromatic heterocycles. The lowest BCUT2D eigenvalue weighted by Gasteiger charge is -2.29. The summed E-state index contributed by atoms with van der Waals surface area (Å²) in [6, 6.07) is 11.4. The van der Waals surface area contributed by atoms with Crippen LogP contribution < -0.4 is 10.6 Å². The summed E-state index contributed by atoms with van der Waals surface area (Å²) >= 11 is 0. The monoisotopic (exact) mass is 462 g/mol. The molecule has 3 aliphatic rings. The van der Waals surface area contributed by atoms with Crippen LogP contribution in [0.15, 0.2) is 48.7 Å². The van der Waals surface area contributed by atoms with E-state index in [1.165, 1.54) is 30.2 Å². The highest BCUT2D eigenvalue weighted by molar-refractivity contribution is 6.15. The number of nitrogens with one attached hydrogen (secondary N) is 3. The molecule has 2 aromatic carbocycles. The summed E-state index contributed by atoms with van der Waals surface area (Å²) in [4.78, 5) is 45.0. The molecule has 34 heavy (non-hydrogen) atoms. The summed E-state index contributed by atoms with van der Waals surface area (Å²) in [5, 5.41) is 7.15. The third kappa shape index (κ3) is 2.74. The maximum atomic E-state index is 14.3. The van der Waals surface area contributed by atoms with Crippen molar-refractivity contribution in [1.29, 1.82) is 0 Å². The van der Waals surface area contributed by atoms with Gasteiger partial charge in [0.05, 0.1) is 25.0 Å². The van der Waals surface area contributed by atoms with Gasteiger partial charge in [-0.05, 0) is 36.2 Å². The van der Waals surface area contributed by atoms with Crippen molar-refractivity contribution in [3.8, 4) is 0 Å². The van der Waals surface area contributed by atoms with E-state index in [0.29, 0.717) is 17.7 Å². The summed E-state index contributed by atoms with van der Waals surface area (Å²) in [6.07, 6.45) is 2.31. The Morgan fingerprint density at radius 3 is 2.76 bits per heavy atom. The van der Waals surface area contributed by atoms with Crippen LogP contribution in [0.5, 0.6) is 0 Å². The number of carbonyl (C=O) groups is 3. The van der Waals surface area contributed by atoms with Crippen molar-refractivity contribution >= 4 is 34.3 Å². The number of anilines is 1. The quantitative estimate of drug-likeness (QED) is 0.503. The van der Waals surface area contributed by atoms with Crippen LogP contribution in [-0.4, -0.2) is 53.9 Å². The van der Waals surface area contributed by atoms with E-state index < -0.39 is 41.0 Å². The number of rotatable bonds is 5. The molecule has 0 radical (unpaired) electrons. The number of H-pyrrole nitrogens is 1. The van der Waals surface area contributed by atoms with Crippen molar-refractivity contribution in [1.82, 2.24) is 15.2 Å². The molecular formula is C25H23FN4O4. The minimum Gasteiger partial charge on any atom is -0.383 e. The average Bonchev–Trinajstić information content (AvgIpc) is 3.53. The van der Waals surface area contributed by atoms with Crippen LogP contribution in [-0.2, 0) is 31.1 Å². The zero-order chi connectivity index (χ0) is 23.6. The number of hydrogen-bond acceptors (Lipinski definition) is 5. The number of fused-ring (bicyclic) bond motifs is 5. The van der Waals surface area contributed by atoms with Gasteiger partial charge in [-0.3, -0.25) is 24.6 Å². The van der Waals surface area contributed by atoms with Gasteiger partial charge in [-0.25, -0.2) is 4.39 Å². The van der Waals surface area contributed by atoms with E-state index in [1.807, 2.05) is 30.5 Å². The molecule has 174 valence electrons. The summed E-state index contributed by atoms with van der Waals surface area (Å²) in [6.45, 7) is 0.302. The first kappa shape index (κ1) is 21.0. The molecule has 4 atom stereocenters. The molecule has 4 heterocycles. The summed E-state index contributed by atoms with van der Waals surface area (Å²) in [5.41, 5.74) is 1.22. The van der Waals surface area contributed by atoms with Crippen molar-refractivity contribution in [2.75, 3.05) is 25.6 Å². The smallest absolute Gasteiger partial charge is 0.250 e. The summed E-state index contributed by atoms with van der Waals surface area (Å²) in [7, 11) is 1.50. The summed E-state index contributed by atoms with van der Waals surface area (Å²) < 4.78 is 19.4. The average molecular weight is 462 g/mol. The first-order valence-corrected chi connectivity index (χ1v) is 11.2. The van der Waals surface area contributed by atoms with Gasteiger partial charge in [-0.2, -0.15) is 0 Å². The number of aromatic nitrogens is 1. The minimum absolute atomic E-state index is 0.106. The second kappa shape index (κ2) is 7.48. The SMILES string of the molecule is COCCN1C(=O)[C@@H]2[C@H](Cc3c[nH]c4ccccc34)N[C@@]3(C(=O)Nc4ccc(F)cc43)[C@@H]2C1=O. The molecule has 3 amide bonds. The van der Waals surface area contributed by atoms with Gasteiger partial charge < -0.3 is 15.0 Å². The fourth-order valence-corrected chi connectivity index (χ4v) is 5.95. The maximum Gasteiger partial charge on any atom is 0.250 e. The van der Waals surface area contributed by atoms with Gasteiger partial charge >= 0.3 is 0 Å². The second-order valence-electron chi connectivity index (χ2n) is 9.09. The van der Waals surface area contributed by atoms with Crippen LogP contribution in [0.4, 0.5) is 10.1 Å².